The lowest BCUT2D eigenvalue weighted by Gasteiger charge is -2.02. The first-order valence-corrected chi connectivity index (χ1v) is 8.22. The maximum atomic E-state index is 10.2. The number of hydrogen-bond acceptors (Lipinski definition) is 4. The van der Waals surface area contributed by atoms with E-state index in [1.165, 1.54) is 12.2 Å². The van der Waals surface area contributed by atoms with Crippen molar-refractivity contribution in [1.82, 2.24) is 9.97 Å². The highest BCUT2D eigenvalue weighted by molar-refractivity contribution is 5.81. The highest BCUT2D eigenvalue weighted by atomic mass is 16.3. The van der Waals surface area contributed by atoms with Crippen molar-refractivity contribution in [1.29, 1.82) is 0 Å². The Labute approximate surface area is 150 Å². The summed E-state index contributed by atoms with van der Waals surface area (Å²) < 4.78 is 0. The predicted molar refractivity (Wildman–Crippen MR) is 105 cm³/mol. The van der Waals surface area contributed by atoms with Crippen LogP contribution in [0.15, 0.2) is 84.3 Å². The molecule has 0 radical (unpaired) electrons. The summed E-state index contributed by atoms with van der Waals surface area (Å²) in [7, 11) is 0. The molecule has 126 valence electrons. The zero-order valence-electron chi connectivity index (χ0n) is 13.9. The van der Waals surface area contributed by atoms with Crippen LogP contribution in [-0.2, 0) is 0 Å². The quantitative estimate of drug-likeness (QED) is 0.393. The molecule has 0 spiro atoms. The van der Waals surface area contributed by atoms with E-state index < -0.39 is 0 Å². The van der Waals surface area contributed by atoms with Crippen LogP contribution in [0.2, 0.25) is 0 Å². The molecule has 26 heavy (non-hydrogen) atoms. The average Bonchev–Trinajstić information content (AvgIpc) is 2.67. The molecule has 2 heterocycles. The second-order valence-corrected chi connectivity index (χ2v) is 5.92. The molecule has 4 heteroatoms. The summed E-state index contributed by atoms with van der Waals surface area (Å²) in [6.07, 6.45) is 2.86. The normalized spacial score (nSPS) is 12.6. The number of pyridine rings is 2. The average molecular weight is 340 g/mol. The molecule has 0 fully saturated rings. The van der Waals surface area contributed by atoms with Crippen LogP contribution in [-0.4, -0.2) is 20.2 Å². The van der Waals surface area contributed by atoms with Crippen LogP contribution < -0.4 is 0 Å². The molecule has 4 rings (SSSR count). The van der Waals surface area contributed by atoms with Gasteiger partial charge in [0.05, 0.1) is 22.4 Å². The fourth-order valence-corrected chi connectivity index (χ4v) is 2.75. The Morgan fingerprint density at radius 2 is 1.00 bits per heavy atom. The molecule has 0 unspecified atom stereocenters. The molecule has 0 saturated heterocycles. The van der Waals surface area contributed by atoms with Crippen LogP contribution in [0.1, 0.15) is 11.4 Å². The molecule has 0 saturated carbocycles. The van der Waals surface area contributed by atoms with E-state index in [1.54, 1.807) is 12.1 Å². The van der Waals surface area contributed by atoms with E-state index in [-0.39, 0.29) is 11.5 Å². The summed E-state index contributed by atoms with van der Waals surface area (Å²) in [6.45, 7) is 0. The van der Waals surface area contributed by atoms with E-state index in [0.29, 0.717) is 11.4 Å². The Kier molecular flexibility index (Phi) is 4.07. The van der Waals surface area contributed by atoms with Crippen molar-refractivity contribution in [3.8, 4) is 0 Å². The van der Waals surface area contributed by atoms with Crippen molar-refractivity contribution in [2.45, 2.75) is 0 Å². The number of benzene rings is 2. The SMILES string of the molecule is OC(=C\c1ccc2ccccc2n1)/C(O)=C/c1ccc2ccccc2n1. The lowest BCUT2D eigenvalue weighted by atomic mass is 10.1. The number of aliphatic hydroxyl groups is 2. The highest BCUT2D eigenvalue weighted by Gasteiger charge is 2.04. The van der Waals surface area contributed by atoms with Gasteiger partial charge in [-0.15, -0.1) is 0 Å². The Hall–Kier alpha value is -3.66. The number of hydrogen-bond donors (Lipinski definition) is 2. The Morgan fingerprint density at radius 1 is 0.577 bits per heavy atom. The van der Waals surface area contributed by atoms with Gasteiger partial charge >= 0.3 is 0 Å². The van der Waals surface area contributed by atoms with Gasteiger partial charge in [-0.05, 0) is 24.3 Å². The molecular formula is C22H16N2O2. The van der Waals surface area contributed by atoms with Gasteiger partial charge in [-0.25, -0.2) is 9.97 Å². The highest BCUT2D eigenvalue weighted by Crippen LogP contribution is 2.17. The molecule has 0 aliphatic heterocycles. The zero-order valence-corrected chi connectivity index (χ0v) is 13.9. The largest absolute Gasteiger partial charge is 0.504 e. The van der Waals surface area contributed by atoms with E-state index in [9.17, 15) is 10.2 Å². The Morgan fingerprint density at radius 3 is 1.46 bits per heavy atom. The molecule has 4 nitrogen and oxygen atoms in total. The van der Waals surface area contributed by atoms with Gasteiger partial charge in [-0.1, -0.05) is 48.5 Å². The predicted octanol–water partition coefficient (Wildman–Crippen LogP) is 5.28. The third kappa shape index (κ3) is 3.26. The smallest absolute Gasteiger partial charge is 0.159 e. The molecule has 2 aromatic carbocycles. The maximum absolute atomic E-state index is 10.2. The Bertz CT molecular complexity index is 1070. The minimum absolute atomic E-state index is 0.261. The fourth-order valence-electron chi connectivity index (χ4n) is 2.75. The van der Waals surface area contributed by atoms with Crippen LogP contribution in [0, 0.1) is 0 Å². The standard InChI is InChI=1S/C22H16N2O2/c25-21(13-17-11-9-15-5-1-3-7-19(15)23-17)22(26)14-18-12-10-16-6-2-4-8-20(16)24-18/h1-14,25-26H/b21-13-,22-14-. The molecular weight excluding hydrogens is 324 g/mol. The molecule has 2 N–H and O–H groups in total. The van der Waals surface area contributed by atoms with Gasteiger partial charge in [0.2, 0.25) is 0 Å². The van der Waals surface area contributed by atoms with E-state index in [4.69, 9.17) is 0 Å². The third-order valence-corrected chi connectivity index (χ3v) is 4.07. The van der Waals surface area contributed by atoms with Crippen LogP contribution in [0.25, 0.3) is 34.0 Å². The molecule has 0 amide bonds. The number of aliphatic hydroxyl groups excluding tert-OH is 2. The van der Waals surface area contributed by atoms with Crippen LogP contribution in [0.5, 0.6) is 0 Å². The minimum Gasteiger partial charge on any atom is -0.504 e. The second-order valence-electron chi connectivity index (χ2n) is 5.92. The summed E-state index contributed by atoms with van der Waals surface area (Å²) >= 11 is 0. The number of rotatable bonds is 3. The summed E-state index contributed by atoms with van der Waals surface area (Å²) in [5, 5.41) is 22.4. The number of nitrogens with zero attached hydrogens (tertiary/aromatic N) is 2. The van der Waals surface area contributed by atoms with E-state index in [1.807, 2.05) is 60.7 Å². The third-order valence-electron chi connectivity index (χ3n) is 4.07. The summed E-state index contributed by atoms with van der Waals surface area (Å²) in [6, 6.07) is 22.9. The minimum atomic E-state index is -0.261. The van der Waals surface area contributed by atoms with Gasteiger partial charge in [-0.3, -0.25) is 0 Å². The summed E-state index contributed by atoms with van der Waals surface area (Å²) in [4.78, 5) is 8.91. The maximum Gasteiger partial charge on any atom is 0.159 e. The van der Waals surface area contributed by atoms with E-state index in [2.05, 4.69) is 9.97 Å². The molecule has 2 aromatic heterocycles. The first-order valence-electron chi connectivity index (χ1n) is 8.22. The zero-order chi connectivity index (χ0) is 17.9. The topological polar surface area (TPSA) is 66.2 Å². The molecule has 4 aromatic rings. The summed E-state index contributed by atoms with van der Waals surface area (Å²) in [5.41, 5.74) is 2.78. The van der Waals surface area contributed by atoms with Crippen LogP contribution in [0.3, 0.4) is 0 Å². The van der Waals surface area contributed by atoms with Crippen molar-refractivity contribution < 1.29 is 10.2 Å². The van der Waals surface area contributed by atoms with Crippen LogP contribution >= 0.6 is 0 Å². The fraction of sp³-hybridized carbons (Fsp3) is 0. The monoisotopic (exact) mass is 340 g/mol. The van der Waals surface area contributed by atoms with E-state index >= 15 is 0 Å². The molecule has 0 aliphatic carbocycles. The van der Waals surface area contributed by atoms with Crippen molar-refractivity contribution in [3.05, 3.63) is 95.7 Å². The molecule has 0 aliphatic rings. The van der Waals surface area contributed by atoms with Gasteiger partial charge in [0.1, 0.15) is 0 Å². The lowest BCUT2D eigenvalue weighted by Crippen LogP contribution is -1.91. The van der Waals surface area contributed by atoms with Gasteiger partial charge in [-0.2, -0.15) is 0 Å². The molecule has 0 bridgehead atoms. The van der Waals surface area contributed by atoms with E-state index in [0.717, 1.165) is 21.8 Å². The first kappa shape index (κ1) is 15.8. The second kappa shape index (κ2) is 6.69. The summed E-state index contributed by atoms with van der Waals surface area (Å²) in [5.74, 6) is -0.523. The first-order chi connectivity index (χ1) is 12.7. The van der Waals surface area contributed by atoms with Gasteiger partial charge < -0.3 is 10.2 Å². The van der Waals surface area contributed by atoms with Crippen molar-refractivity contribution >= 4 is 34.0 Å². The van der Waals surface area contributed by atoms with Crippen LogP contribution in [0.4, 0.5) is 0 Å². The molecule has 0 atom stereocenters. The number of fused-ring (bicyclic) bond motifs is 2. The van der Waals surface area contributed by atoms with Crippen molar-refractivity contribution in [3.63, 3.8) is 0 Å². The van der Waals surface area contributed by atoms with Gasteiger partial charge in [0.15, 0.2) is 11.5 Å². The lowest BCUT2D eigenvalue weighted by molar-refractivity contribution is 0.334. The van der Waals surface area contributed by atoms with Gasteiger partial charge in [0, 0.05) is 22.9 Å². The number of para-hydroxylation sites is 2. The van der Waals surface area contributed by atoms with Gasteiger partial charge in [0.25, 0.3) is 0 Å². The van der Waals surface area contributed by atoms with Crippen molar-refractivity contribution in [2.24, 2.45) is 0 Å². The van der Waals surface area contributed by atoms with Crippen molar-refractivity contribution in [2.75, 3.05) is 0 Å². The number of aromatic nitrogens is 2. The Balaban J connectivity index is 1.65.